The van der Waals surface area contributed by atoms with E-state index in [1.807, 2.05) is 17.0 Å². The average Bonchev–Trinajstić information content (AvgIpc) is 2.80. The molecule has 0 unspecified atom stereocenters. The molecule has 0 aliphatic carbocycles. The molecule has 2 fully saturated rings. The number of nitrogens with zero attached hydrogens (tertiary/aromatic N) is 2. The predicted octanol–water partition coefficient (Wildman–Crippen LogP) is 4.40. The minimum Gasteiger partial charge on any atom is -0.381 e. The SMILES string of the molecule is COC1CCN(c2ccc(C(=O)N3CCC(Cc4ccccc4)CC3)cc2)CC1. The molecule has 2 saturated heterocycles. The molecule has 0 saturated carbocycles. The quantitative estimate of drug-likeness (QED) is 0.756. The van der Waals surface area contributed by atoms with Crippen molar-refractivity contribution in [2.75, 3.05) is 38.2 Å². The molecule has 0 atom stereocenters. The van der Waals surface area contributed by atoms with Crippen molar-refractivity contribution in [3.63, 3.8) is 0 Å². The van der Waals surface area contributed by atoms with Gasteiger partial charge in [-0.25, -0.2) is 0 Å². The third kappa shape index (κ3) is 4.99. The van der Waals surface area contributed by atoms with E-state index in [1.54, 1.807) is 7.11 Å². The summed E-state index contributed by atoms with van der Waals surface area (Å²) in [7, 11) is 1.80. The smallest absolute Gasteiger partial charge is 0.253 e. The van der Waals surface area contributed by atoms with Crippen LogP contribution < -0.4 is 4.90 Å². The molecule has 0 radical (unpaired) electrons. The largest absolute Gasteiger partial charge is 0.381 e. The van der Waals surface area contributed by atoms with Gasteiger partial charge in [-0.05, 0) is 67.9 Å². The van der Waals surface area contributed by atoms with Crippen molar-refractivity contribution in [2.24, 2.45) is 5.92 Å². The van der Waals surface area contributed by atoms with E-state index in [4.69, 9.17) is 4.74 Å². The second kappa shape index (κ2) is 9.45. The third-order valence-corrected chi connectivity index (χ3v) is 6.52. The highest BCUT2D eigenvalue weighted by Crippen LogP contribution is 2.25. The van der Waals surface area contributed by atoms with Crippen LogP contribution in [0.25, 0.3) is 0 Å². The lowest BCUT2D eigenvalue weighted by atomic mass is 9.90. The molecular weight excluding hydrogens is 360 g/mol. The van der Waals surface area contributed by atoms with Gasteiger partial charge in [0.25, 0.3) is 5.91 Å². The van der Waals surface area contributed by atoms with Crippen LogP contribution in [0.5, 0.6) is 0 Å². The van der Waals surface area contributed by atoms with Crippen LogP contribution in [0.4, 0.5) is 5.69 Å². The van der Waals surface area contributed by atoms with Gasteiger partial charge in [0.15, 0.2) is 0 Å². The maximum Gasteiger partial charge on any atom is 0.253 e. The van der Waals surface area contributed by atoms with Crippen molar-refractivity contribution in [2.45, 2.75) is 38.2 Å². The highest BCUT2D eigenvalue weighted by Gasteiger charge is 2.24. The standard InChI is InChI=1S/C25H32N2O2/c1-29-24-13-17-26(18-14-24)23-9-7-22(8-10-23)25(28)27-15-11-21(12-16-27)19-20-5-3-2-4-6-20/h2-10,21,24H,11-19H2,1H3. The molecule has 0 aromatic heterocycles. The number of benzene rings is 2. The van der Waals surface area contributed by atoms with E-state index < -0.39 is 0 Å². The van der Waals surface area contributed by atoms with E-state index in [1.165, 1.54) is 11.3 Å². The molecule has 4 heteroatoms. The van der Waals surface area contributed by atoms with Gasteiger partial charge in [0, 0.05) is 44.5 Å². The van der Waals surface area contributed by atoms with E-state index in [2.05, 4.69) is 47.4 Å². The maximum atomic E-state index is 12.9. The zero-order chi connectivity index (χ0) is 20.1. The number of piperidine rings is 2. The van der Waals surface area contributed by atoms with Crippen LogP contribution >= 0.6 is 0 Å². The third-order valence-electron chi connectivity index (χ3n) is 6.52. The molecule has 2 heterocycles. The average molecular weight is 393 g/mol. The number of hydrogen-bond donors (Lipinski definition) is 0. The summed E-state index contributed by atoms with van der Waals surface area (Å²) in [5.74, 6) is 0.853. The second-order valence-electron chi connectivity index (χ2n) is 8.39. The molecule has 2 aliphatic heterocycles. The zero-order valence-electron chi connectivity index (χ0n) is 17.4. The van der Waals surface area contributed by atoms with E-state index in [-0.39, 0.29) is 5.91 Å². The van der Waals surface area contributed by atoms with Crippen LogP contribution in [-0.4, -0.2) is 50.2 Å². The monoisotopic (exact) mass is 392 g/mol. The molecular formula is C25H32N2O2. The molecule has 4 nitrogen and oxygen atoms in total. The normalized spacial score (nSPS) is 18.8. The minimum atomic E-state index is 0.174. The number of likely N-dealkylation sites (tertiary alicyclic amines) is 1. The van der Waals surface area contributed by atoms with Gasteiger partial charge in [0.1, 0.15) is 0 Å². The zero-order valence-corrected chi connectivity index (χ0v) is 17.4. The van der Waals surface area contributed by atoms with Gasteiger partial charge in [-0.15, -0.1) is 0 Å². The summed E-state index contributed by atoms with van der Waals surface area (Å²) in [6.07, 6.45) is 5.82. The Kier molecular flexibility index (Phi) is 6.50. The Labute approximate surface area is 174 Å². The first-order chi connectivity index (χ1) is 14.2. The predicted molar refractivity (Wildman–Crippen MR) is 117 cm³/mol. The number of rotatable bonds is 5. The number of anilines is 1. The lowest BCUT2D eigenvalue weighted by Crippen LogP contribution is -2.39. The molecule has 4 rings (SSSR count). The van der Waals surface area contributed by atoms with E-state index >= 15 is 0 Å². The number of carbonyl (C=O) groups is 1. The van der Waals surface area contributed by atoms with E-state index in [9.17, 15) is 4.79 Å². The summed E-state index contributed by atoms with van der Waals surface area (Å²) in [5, 5.41) is 0. The molecule has 154 valence electrons. The number of amides is 1. The fraction of sp³-hybridized carbons (Fsp3) is 0.480. The molecule has 2 aromatic rings. The summed E-state index contributed by atoms with van der Waals surface area (Å²) in [4.78, 5) is 17.3. The number of hydrogen-bond acceptors (Lipinski definition) is 3. The maximum absolute atomic E-state index is 12.9. The number of methoxy groups -OCH3 is 1. The first kappa shape index (κ1) is 20.0. The highest BCUT2D eigenvalue weighted by molar-refractivity contribution is 5.94. The molecule has 2 aromatic carbocycles. The summed E-state index contributed by atoms with van der Waals surface area (Å²) < 4.78 is 5.46. The van der Waals surface area contributed by atoms with Crippen molar-refractivity contribution in [1.82, 2.24) is 4.90 Å². The Hall–Kier alpha value is -2.33. The Balaban J connectivity index is 1.29. The Morgan fingerprint density at radius 3 is 2.17 bits per heavy atom. The summed E-state index contributed by atoms with van der Waals surface area (Å²) in [5.41, 5.74) is 3.42. The van der Waals surface area contributed by atoms with E-state index in [0.717, 1.165) is 63.8 Å². The van der Waals surface area contributed by atoms with Crippen LogP contribution in [0.3, 0.4) is 0 Å². The van der Waals surface area contributed by atoms with Crippen molar-refractivity contribution in [1.29, 1.82) is 0 Å². The molecule has 29 heavy (non-hydrogen) atoms. The van der Waals surface area contributed by atoms with Gasteiger partial charge >= 0.3 is 0 Å². The number of ether oxygens (including phenoxy) is 1. The Morgan fingerprint density at radius 1 is 0.897 bits per heavy atom. The van der Waals surface area contributed by atoms with Gasteiger partial charge in [-0.2, -0.15) is 0 Å². The van der Waals surface area contributed by atoms with E-state index in [0.29, 0.717) is 12.0 Å². The van der Waals surface area contributed by atoms with Crippen molar-refractivity contribution in [3.8, 4) is 0 Å². The molecule has 0 N–H and O–H groups in total. The molecule has 2 aliphatic rings. The van der Waals surface area contributed by atoms with Gasteiger partial charge < -0.3 is 14.5 Å². The van der Waals surface area contributed by atoms with Crippen LogP contribution in [0, 0.1) is 5.92 Å². The Morgan fingerprint density at radius 2 is 1.55 bits per heavy atom. The van der Waals surface area contributed by atoms with Crippen molar-refractivity contribution < 1.29 is 9.53 Å². The van der Waals surface area contributed by atoms with Crippen LogP contribution in [0.1, 0.15) is 41.6 Å². The Bertz CT molecular complexity index is 774. The summed E-state index contributed by atoms with van der Waals surface area (Å²) >= 11 is 0. The van der Waals surface area contributed by atoms with Crippen molar-refractivity contribution >= 4 is 11.6 Å². The lowest BCUT2D eigenvalue weighted by molar-refractivity contribution is 0.0690. The van der Waals surface area contributed by atoms with Gasteiger partial charge in [-0.3, -0.25) is 4.79 Å². The van der Waals surface area contributed by atoms with Crippen LogP contribution in [0.2, 0.25) is 0 Å². The molecule has 0 spiro atoms. The summed E-state index contributed by atoms with van der Waals surface area (Å²) in [6.45, 7) is 3.76. The number of carbonyl (C=O) groups excluding carboxylic acids is 1. The van der Waals surface area contributed by atoms with Crippen molar-refractivity contribution in [3.05, 3.63) is 65.7 Å². The summed E-state index contributed by atoms with van der Waals surface area (Å²) in [6, 6.07) is 18.9. The van der Waals surface area contributed by atoms with Crippen LogP contribution in [0.15, 0.2) is 54.6 Å². The fourth-order valence-electron chi connectivity index (χ4n) is 4.63. The van der Waals surface area contributed by atoms with Gasteiger partial charge in [0.2, 0.25) is 0 Å². The topological polar surface area (TPSA) is 32.8 Å². The fourth-order valence-corrected chi connectivity index (χ4v) is 4.63. The first-order valence-electron chi connectivity index (χ1n) is 10.9. The minimum absolute atomic E-state index is 0.174. The van der Waals surface area contributed by atoms with Gasteiger partial charge in [-0.1, -0.05) is 30.3 Å². The van der Waals surface area contributed by atoms with Gasteiger partial charge in [0.05, 0.1) is 6.10 Å². The van der Waals surface area contributed by atoms with Crippen LogP contribution in [-0.2, 0) is 11.2 Å². The molecule has 1 amide bonds. The second-order valence-corrected chi connectivity index (χ2v) is 8.39. The highest BCUT2D eigenvalue weighted by atomic mass is 16.5. The first-order valence-corrected chi connectivity index (χ1v) is 10.9. The molecule has 0 bridgehead atoms. The lowest BCUT2D eigenvalue weighted by Gasteiger charge is -2.33.